The van der Waals surface area contributed by atoms with E-state index in [0.717, 1.165) is 5.56 Å². The Morgan fingerprint density at radius 1 is 0.964 bits per heavy atom. The number of aromatic amines is 1. The molecule has 2 aromatic carbocycles. The van der Waals surface area contributed by atoms with Gasteiger partial charge in [0.1, 0.15) is 0 Å². The van der Waals surface area contributed by atoms with Crippen LogP contribution in [0.4, 0.5) is 0 Å². The predicted molar refractivity (Wildman–Crippen MR) is 111 cm³/mol. The third kappa shape index (κ3) is 4.22. The number of carbonyl (C=O) groups is 1. The van der Waals surface area contributed by atoms with Crippen LogP contribution in [0.1, 0.15) is 50.3 Å². The van der Waals surface area contributed by atoms with Crippen LogP contribution in [0.25, 0.3) is 10.8 Å². The normalized spacial score (nSPS) is 12.3. The first kappa shape index (κ1) is 19.6. The Hall–Kier alpha value is -3.15. The number of hydrogen-bond acceptors (Lipinski definition) is 3. The summed E-state index contributed by atoms with van der Waals surface area (Å²) < 4.78 is 1.20. The van der Waals surface area contributed by atoms with Crippen molar-refractivity contribution in [2.45, 2.75) is 45.7 Å². The van der Waals surface area contributed by atoms with Gasteiger partial charge >= 0.3 is 0 Å². The molecular formula is C22H25N3O3. The highest BCUT2D eigenvalue weighted by Crippen LogP contribution is 2.18. The number of amides is 1. The average molecular weight is 379 g/mol. The third-order valence-corrected chi connectivity index (χ3v) is 4.93. The lowest BCUT2D eigenvalue weighted by atomic mass is 9.99. The molecule has 1 aromatic heterocycles. The van der Waals surface area contributed by atoms with E-state index in [-0.39, 0.29) is 36.0 Å². The van der Waals surface area contributed by atoms with E-state index in [4.69, 9.17) is 0 Å². The summed E-state index contributed by atoms with van der Waals surface area (Å²) in [4.78, 5) is 36.9. The van der Waals surface area contributed by atoms with Crippen molar-refractivity contribution >= 4 is 16.7 Å². The summed E-state index contributed by atoms with van der Waals surface area (Å²) in [6, 6.07) is 14.7. The van der Waals surface area contributed by atoms with Gasteiger partial charge in [-0.2, -0.15) is 0 Å². The molecule has 1 unspecified atom stereocenters. The first-order chi connectivity index (χ1) is 13.4. The number of H-pyrrole nitrogens is 1. The summed E-state index contributed by atoms with van der Waals surface area (Å²) in [7, 11) is 0. The van der Waals surface area contributed by atoms with Crippen molar-refractivity contribution in [3.05, 3.63) is 80.4 Å². The first-order valence-electron chi connectivity index (χ1n) is 9.48. The molecule has 1 heterocycles. The van der Waals surface area contributed by atoms with Crippen molar-refractivity contribution in [2.24, 2.45) is 0 Å². The standard InChI is InChI=1S/C22H25N3O3/c1-14(2)16-8-10-17(11-9-16)15(3)23-20(26)12-13-25-22(28)19-7-5-4-6-18(19)21(27)24-25/h4-11,14-15H,12-13H2,1-3H3,(H,23,26)(H,24,27). The average Bonchev–Trinajstić information content (AvgIpc) is 2.69. The van der Waals surface area contributed by atoms with Crippen molar-refractivity contribution in [1.29, 1.82) is 0 Å². The highest BCUT2D eigenvalue weighted by Gasteiger charge is 2.12. The quantitative estimate of drug-likeness (QED) is 0.690. The largest absolute Gasteiger partial charge is 0.350 e. The molecule has 2 N–H and O–H groups in total. The Morgan fingerprint density at radius 2 is 1.57 bits per heavy atom. The fourth-order valence-electron chi connectivity index (χ4n) is 3.18. The number of hydrogen-bond donors (Lipinski definition) is 2. The molecule has 146 valence electrons. The lowest BCUT2D eigenvalue weighted by Gasteiger charge is -2.16. The van der Waals surface area contributed by atoms with E-state index >= 15 is 0 Å². The van der Waals surface area contributed by atoms with Crippen LogP contribution >= 0.6 is 0 Å². The van der Waals surface area contributed by atoms with Gasteiger partial charge in [-0.25, -0.2) is 4.68 Å². The van der Waals surface area contributed by atoms with Crippen molar-refractivity contribution in [1.82, 2.24) is 15.1 Å². The Labute approximate surface area is 163 Å². The Bertz CT molecular complexity index is 1090. The van der Waals surface area contributed by atoms with E-state index in [9.17, 15) is 14.4 Å². The van der Waals surface area contributed by atoms with Crippen LogP contribution in [0, 0.1) is 0 Å². The van der Waals surface area contributed by atoms with Gasteiger partial charge in [0.15, 0.2) is 0 Å². The van der Waals surface area contributed by atoms with Crippen LogP contribution < -0.4 is 16.4 Å². The molecule has 0 bridgehead atoms. The molecule has 0 saturated heterocycles. The zero-order valence-corrected chi connectivity index (χ0v) is 16.4. The second-order valence-corrected chi connectivity index (χ2v) is 7.30. The zero-order chi connectivity index (χ0) is 20.3. The SMILES string of the molecule is CC(C)c1ccc(C(C)NC(=O)CCn2[nH]c(=O)c3ccccc3c2=O)cc1. The maximum atomic E-state index is 12.5. The fourth-order valence-corrected chi connectivity index (χ4v) is 3.18. The molecule has 0 aliphatic carbocycles. The van der Waals surface area contributed by atoms with E-state index in [1.165, 1.54) is 10.2 Å². The van der Waals surface area contributed by atoms with Gasteiger partial charge in [-0.05, 0) is 36.1 Å². The number of fused-ring (bicyclic) bond motifs is 1. The maximum absolute atomic E-state index is 12.5. The van der Waals surface area contributed by atoms with Crippen LogP contribution in [0.2, 0.25) is 0 Å². The van der Waals surface area contributed by atoms with Gasteiger partial charge < -0.3 is 5.32 Å². The molecule has 0 fully saturated rings. The van der Waals surface area contributed by atoms with Crippen LogP contribution in [0.5, 0.6) is 0 Å². The maximum Gasteiger partial charge on any atom is 0.273 e. The van der Waals surface area contributed by atoms with E-state index in [1.54, 1.807) is 24.3 Å². The molecule has 0 aliphatic heterocycles. The van der Waals surface area contributed by atoms with Gasteiger partial charge in [0.05, 0.1) is 23.4 Å². The van der Waals surface area contributed by atoms with Gasteiger partial charge in [-0.1, -0.05) is 50.2 Å². The van der Waals surface area contributed by atoms with Crippen molar-refractivity contribution < 1.29 is 4.79 Å². The number of aromatic nitrogens is 2. The van der Waals surface area contributed by atoms with Crippen molar-refractivity contribution in [3.63, 3.8) is 0 Å². The summed E-state index contributed by atoms with van der Waals surface area (Å²) in [5.41, 5.74) is 1.63. The predicted octanol–water partition coefficient (Wildman–Crippen LogP) is 3.08. The first-order valence-corrected chi connectivity index (χ1v) is 9.48. The van der Waals surface area contributed by atoms with Crippen LogP contribution in [-0.2, 0) is 11.3 Å². The van der Waals surface area contributed by atoms with Gasteiger partial charge in [-0.15, -0.1) is 0 Å². The Morgan fingerprint density at radius 3 is 2.21 bits per heavy atom. The van der Waals surface area contributed by atoms with Crippen molar-refractivity contribution in [3.8, 4) is 0 Å². The molecule has 28 heavy (non-hydrogen) atoms. The minimum Gasteiger partial charge on any atom is -0.350 e. The van der Waals surface area contributed by atoms with Gasteiger partial charge in [0.25, 0.3) is 11.1 Å². The summed E-state index contributed by atoms with van der Waals surface area (Å²) >= 11 is 0. The second-order valence-electron chi connectivity index (χ2n) is 7.30. The van der Waals surface area contributed by atoms with E-state index in [1.807, 2.05) is 19.1 Å². The van der Waals surface area contributed by atoms with E-state index in [2.05, 4.69) is 36.4 Å². The monoisotopic (exact) mass is 379 g/mol. The molecule has 0 radical (unpaired) electrons. The number of nitrogens with zero attached hydrogens (tertiary/aromatic N) is 1. The van der Waals surface area contributed by atoms with Crippen LogP contribution in [-0.4, -0.2) is 15.7 Å². The van der Waals surface area contributed by atoms with E-state index < -0.39 is 0 Å². The van der Waals surface area contributed by atoms with Crippen molar-refractivity contribution in [2.75, 3.05) is 0 Å². The summed E-state index contributed by atoms with van der Waals surface area (Å²) in [5, 5.41) is 6.19. The topological polar surface area (TPSA) is 84.0 Å². The summed E-state index contributed by atoms with van der Waals surface area (Å²) in [5.74, 6) is 0.280. The highest BCUT2D eigenvalue weighted by atomic mass is 16.2. The third-order valence-electron chi connectivity index (χ3n) is 4.93. The van der Waals surface area contributed by atoms with Crippen LogP contribution in [0.15, 0.2) is 58.1 Å². The molecule has 6 nitrogen and oxygen atoms in total. The van der Waals surface area contributed by atoms with Gasteiger partial charge in [-0.3, -0.25) is 19.5 Å². The molecule has 6 heteroatoms. The number of rotatable bonds is 6. The van der Waals surface area contributed by atoms with Gasteiger partial charge in [0, 0.05) is 6.42 Å². The minimum atomic E-state index is -0.339. The lowest BCUT2D eigenvalue weighted by molar-refractivity contribution is -0.122. The molecule has 0 saturated carbocycles. The fraction of sp³-hybridized carbons (Fsp3) is 0.318. The lowest BCUT2D eigenvalue weighted by Crippen LogP contribution is -2.33. The molecular weight excluding hydrogens is 354 g/mol. The van der Waals surface area contributed by atoms with E-state index in [0.29, 0.717) is 16.7 Å². The molecule has 0 aliphatic rings. The molecule has 1 amide bonds. The summed E-state index contributed by atoms with van der Waals surface area (Å²) in [6.07, 6.45) is 0.0998. The minimum absolute atomic E-state index is 0.0998. The summed E-state index contributed by atoms with van der Waals surface area (Å²) in [6.45, 7) is 6.31. The Balaban J connectivity index is 1.66. The number of aryl methyl sites for hydroxylation is 1. The molecule has 0 spiro atoms. The molecule has 1 atom stereocenters. The number of nitrogens with one attached hydrogen (secondary N) is 2. The highest BCUT2D eigenvalue weighted by molar-refractivity contribution is 5.80. The smallest absolute Gasteiger partial charge is 0.273 e. The zero-order valence-electron chi connectivity index (χ0n) is 16.4. The number of benzene rings is 2. The second kappa shape index (κ2) is 8.25. The molecule has 3 rings (SSSR count). The molecule has 3 aromatic rings. The Kier molecular flexibility index (Phi) is 5.78. The van der Waals surface area contributed by atoms with Gasteiger partial charge in [0.2, 0.25) is 5.91 Å². The number of carbonyl (C=O) groups excluding carboxylic acids is 1. The van der Waals surface area contributed by atoms with Crippen LogP contribution in [0.3, 0.4) is 0 Å².